The van der Waals surface area contributed by atoms with E-state index in [4.69, 9.17) is 30.6 Å². The second kappa shape index (κ2) is 55.9. The molecule has 6 nitrogen and oxygen atoms in total. The molecule has 0 aliphatic rings. The number of hydrogen-bond donors (Lipinski definition) is 6. The lowest BCUT2D eigenvalue weighted by molar-refractivity contribution is 0.00304. The molecule has 0 rings (SSSR count). The SMILES string of the molecule is CC(C)CCCCCCCCCCCCC(O)=S.CC(C)CCCCCCCCCCCCC(O)=S.CC(C)CCCCCCCCCCCCC(O)=S.CCC(CO)(CO)CO. The number of unbranched alkanes of at least 4 members (excludes halogenated alkanes) is 27. The molecular weight excluding hydrogens is 841 g/mol. The van der Waals surface area contributed by atoms with Gasteiger partial charge in [0.2, 0.25) is 0 Å². The molecule has 0 atom stereocenters. The molecule has 63 heavy (non-hydrogen) atoms. The Morgan fingerprint density at radius 2 is 0.476 bits per heavy atom. The van der Waals surface area contributed by atoms with Crippen molar-refractivity contribution in [2.45, 2.75) is 286 Å². The van der Waals surface area contributed by atoms with Gasteiger partial charge in [-0.2, -0.15) is 0 Å². The first-order valence-electron chi connectivity index (χ1n) is 26.6. The van der Waals surface area contributed by atoms with E-state index < -0.39 is 5.41 Å². The number of rotatable bonds is 43. The summed E-state index contributed by atoms with van der Waals surface area (Å²) in [6, 6.07) is 0. The van der Waals surface area contributed by atoms with Gasteiger partial charge in [0.25, 0.3) is 0 Å². The van der Waals surface area contributed by atoms with E-state index >= 15 is 0 Å². The fourth-order valence-electron chi connectivity index (χ4n) is 7.21. The van der Waals surface area contributed by atoms with Gasteiger partial charge in [-0.1, -0.05) is 241 Å². The number of aliphatic hydroxyl groups excluding tert-OH is 6. The van der Waals surface area contributed by atoms with E-state index in [-0.39, 0.29) is 35.0 Å². The molecule has 0 bridgehead atoms. The van der Waals surface area contributed by atoms with Gasteiger partial charge in [-0.15, -0.1) is 0 Å². The summed E-state index contributed by atoms with van der Waals surface area (Å²) in [6.07, 6.45) is 47.1. The largest absolute Gasteiger partial charge is 0.502 e. The van der Waals surface area contributed by atoms with Crippen LogP contribution in [0.1, 0.15) is 286 Å². The molecule has 0 heterocycles. The van der Waals surface area contributed by atoms with Gasteiger partial charge in [-0.25, -0.2) is 0 Å². The molecule has 0 aliphatic carbocycles. The zero-order chi connectivity index (χ0) is 48.2. The van der Waals surface area contributed by atoms with E-state index in [0.29, 0.717) is 25.7 Å². The molecule has 0 aromatic heterocycles. The normalized spacial score (nSPS) is 11.2. The maximum Gasteiger partial charge on any atom is 0.156 e. The molecule has 380 valence electrons. The van der Waals surface area contributed by atoms with Crippen LogP contribution < -0.4 is 0 Å². The quantitative estimate of drug-likeness (QED) is 0.0262. The van der Waals surface area contributed by atoms with Crippen LogP contribution in [0.4, 0.5) is 0 Å². The summed E-state index contributed by atoms with van der Waals surface area (Å²) >= 11 is 13.9. The van der Waals surface area contributed by atoms with Crippen molar-refractivity contribution in [1.82, 2.24) is 0 Å². The third-order valence-electron chi connectivity index (χ3n) is 12.0. The lowest BCUT2D eigenvalue weighted by Crippen LogP contribution is -2.32. The van der Waals surface area contributed by atoms with Crippen molar-refractivity contribution in [1.29, 1.82) is 0 Å². The first-order valence-corrected chi connectivity index (χ1v) is 27.8. The van der Waals surface area contributed by atoms with Gasteiger partial charge in [0.15, 0.2) is 15.2 Å². The summed E-state index contributed by atoms with van der Waals surface area (Å²) in [5, 5.41) is 53.1. The standard InChI is InChI=1S/3C16H32OS.C6H14O3/c3*1-15(2)13-11-9-7-5-3-4-6-8-10-12-14-16(17)18;1-2-6(3-7,4-8)5-9/h3*15H,3-14H2,1-2H3,(H,17,18);7-9H,2-5H2,1H3. The molecule has 0 unspecified atom stereocenters. The van der Waals surface area contributed by atoms with E-state index in [1.165, 1.54) is 193 Å². The summed E-state index contributed by atoms with van der Waals surface area (Å²) in [7, 11) is 0. The molecule has 0 aromatic rings. The van der Waals surface area contributed by atoms with Gasteiger partial charge < -0.3 is 30.6 Å². The number of thiocarbonyl (C=S) groups is 3. The van der Waals surface area contributed by atoms with E-state index in [9.17, 15) is 0 Å². The molecule has 0 aliphatic heterocycles. The van der Waals surface area contributed by atoms with Crippen molar-refractivity contribution in [2.24, 2.45) is 23.2 Å². The van der Waals surface area contributed by atoms with Crippen LogP contribution in [0, 0.1) is 23.2 Å². The third kappa shape index (κ3) is 68.3. The molecule has 9 heteroatoms. The Kier molecular flexibility index (Phi) is 61.3. The van der Waals surface area contributed by atoms with Gasteiger partial charge in [0.1, 0.15) is 0 Å². The van der Waals surface area contributed by atoms with Crippen LogP contribution in [0.15, 0.2) is 0 Å². The second-order valence-corrected chi connectivity index (χ2v) is 21.3. The lowest BCUT2D eigenvalue weighted by atomic mass is 9.88. The van der Waals surface area contributed by atoms with Gasteiger partial charge in [-0.3, -0.25) is 0 Å². The zero-order valence-electron chi connectivity index (χ0n) is 42.9. The third-order valence-corrected chi connectivity index (χ3v) is 12.6. The van der Waals surface area contributed by atoms with Crippen molar-refractivity contribution in [3.63, 3.8) is 0 Å². The van der Waals surface area contributed by atoms with E-state index in [0.717, 1.165) is 37.0 Å². The Balaban J connectivity index is -0.000000378. The van der Waals surface area contributed by atoms with Crippen LogP contribution >= 0.6 is 36.7 Å². The predicted molar refractivity (Wildman–Crippen MR) is 290 cm³/mol. The van der Waals surface area contributed by atoms with E-state index in [2.05, 4.69) is 78.2 Å². The van der Waals surface area contributed by atoms with Crippen LogP contribution in [-0.4, -0.2) is 65.6 Å². The zero-order valence-corrected chi connectivity index (χ0v) is 45.4. The van der Waals surface area contributed by atoms with E-state index in [1.54, 1.807) is 0 Å². The van der Waals surface area contributed by atoms with Gasteiger partial charge in [0, 0.05) is 24.7 Å². The highest BCUT2D eigenvalue weighted by Gasteiger charge is 2.24. The highest BCUT2D eigenvalue weighted by atomic mass is 32.1. The Bertz CT molecular complexity index is 808. The minimum atomic E-state index is -0.667. The highest BCUT2D eigenvalue weighted by molar-refractivity contribution is 7.80. The van der Waals surface area contributed by atoms with Crippen molar-refractivity contribution < 1.29 is 30.6 Å². The minimum Gasteiger partial charge on any atom is -0.502 e. The lowest BCUT2D eigenvalue weighted by Gasteiger charge is -2.24. The van der Waals surface area contributed by atoms with Gasteiger partial charge >= 0.3 is 0 Å². The molecule has 0 radical (unpaired) electrons. The Morgan fingerprint density at radius 3 is 0.587 bits per heavy atom. The molecule has 0 fully saturated rings. The van der Waals surface area contributed by atoms with Crippen LogP contribution in [0.25, 0.3) is 0 Å². The highest BCUT2D eigenvalue weighted by Crippen LogP contribution is 2.19. The fraction of sp³-hybridized carbons (Fsp3) is 0.944. The Labute approximate surface area is 409 Å². The molecule has 0 spiro atoms. The first-order chi connectivity index (χ1) is 30.1. The summed E-state index contributed by atoms with van der Waals surface area (Å²) in [6.45, 7) is 15.2. The molecule has 6 N–H and O–H groups in total. The Morgan fingerprint density at radius 1 is 0.317 bits per heavy atom. The predicted octanol–water partition coefficient (Wildman–Crippen LogP) is 18.0. The monoisotopic (exact) mass is 951 g/mol. The van der Waals surface area contributed by atoms with Crippen LogP contribution in [-0.2, 0) is 0 Å². The summed E-state index contributed by atoms with van der Waals surface area (Å²) in [5.74, 6) is 2.62. The number of aliphatic hydroxyl groups is 6. The molecule has 0 saturated carbocycles. The summed E-state index contributed by atoms with van der Waals surface area (Å²) in [4.78, 5) is 0. The number of hydrogen-bond acceptors (Lipinski definition) is 6. The average molecular weight is 952 g/mol. The summed E-state index contributed by atoms with van der Waals surface area (Å²) in [5.41, 5.74) is -0.667. The van der Waals surface area contributed by atoms with Gasteiger partial charge in [-0.05, 0) is 80.1 Å². The smallest absolute Gasteiger partial charge is 0.156 e. The molecule has 0 amide bonds. The van der Waals surface area contributed by atoms with Crippen molar-refractivity contribution >= 4 is 51.8 Å². The maximum absolute atomic E-state index is 8.86. The second-order valence-electron chi connectivity index (χ2n) is 19.9. The Hall–Kier alpha value is -0.450. The molecule has 0 saturated heterocycles. The maximum atomic E-state index is 8.86. The molecule has 0 aromatic carbocycles. The van der Waals surface area contributed by atoms with Crippen LogP contribution in [0.3, 0.4) is 0 Å². The van der Waals surface area contributed by atoms with E-state index in [1.807, 2.05) is 6.92 Å². The van der Waals surface area contributed by atoms with Crippen LogP contribution in [0.5, 0.6) is 0 Å². The topological polar surface area (TPSA) is 121 Å². The first kappa shape index (κ1) is 69.1. The van der Waals surface area contributed by atoms with Crippen LogP contribution in [0.2, 0.25) is 0 Å². The van der Waals surface area contributed by atoms with Crippen molar-refractivity contribution in [2.75, 3.05) is 19.8 Å². The minimum absolute atomic E-state index is 0.156. The summed E-state index contributed by atoms with van der Waals surface area (Å²) < 4.78 is 0. The van der Waals surface area contributed by atoms with Crippen molar-refractivity contribution in [3.8, 4) is 0 Å². The molecular formula is C54H110O6S3. The van der Waals surface area contributed by atoms with Gasteiger partial charge in [0.05, 0.1) is 19.8 Å². The van der Waals surface area contributed by atoms with Crippen molar-refractivity contribution in [3.05, 3.63) is 0 Å². The average Bonchev–Trinajstić information content (AvgIpc) is 3.23. The fourth-order valence-corrected chi connectivity index (χ4v) is 7.65.